The van der Waals surface area contributed by atoms with E-state index in [0.29, 0.717) is 0 Å². The third-order valence-corrected chi connectivity index (χ3v) is 2.90. The van der Waals surface area contributed by atoms with E-state index < -0.39 is 36.5 Å². The molecule has 0 aromatic heterocycles. The zero-order valence-electron chi connectivity index (χ0n) is 13.2. The van der Waals surface area contributed by atoms with E-state index in [1.54, 1.807) is 20.8 Å². The Morgan fingerprint density at radius 2 is 1.83 bits per heavy atom. The summed E-state index contributed by atoms with van der Waals surface area (Å²) in [5.74, 6) is -1.26. The van der Waals surface area contributed by atoms with E-state index in [9.17, 15) is 22.5 Å². The Morgan fingerprint density at radius 3 is 2.26 bits per heavy atom. The summed E-state index contributed by atoms with van der Waals surface area (Å²) >= 11 is 0. The lowest BCUT2D eigenvalue weighted by Crippen LogP contribution is -2.37. The summed E-state index contributed by atoms with van der Waals surface area (Å²) in [6, 6.07) is 1.99. The number of hydrogen-bond donors (Lipinski definition) is 2. The number of ether oxygens (including phenoxy) is 1. The number of hydrogen-bond acceptors (Lipinski definition) is 3. The SMILES string of the molecule is Cc1c(CC(=O)O)cc(NC(=O)OC(C)(C)C)cc1[B-](F)(F)F. The average Bonchev–Trinajstić information content (AvgIpc) is 2.28. The quantitative estimate of drug-likeness (QED) is 0.831. The van der Waals surface area contributed by atoms with Crippen molar-refractivity contribution in [2.75, 3.05) is 5.32 Å². The van der Waals surface area contributed by atoms with Gasteiger partial charge in [0.15, 0.2) is 0 Å². The summed E-state index contributed by atoms with van der Waals surface area (Å²) in [5, 5.41) is 11.0. The number of amides is 1. The maximum Gasteiger partial charge on any atom is 0.509 e. The molecule has 0 saturated heterocycles. The molecular weight excluding hydrogens is 314 g/mol. The fourth-order valence-electron chi connectivity index (χ4n) is 1.98. The number of benzene rings is 1. The minimum atomic E-state index is -5.34. The normalized spacial score (nSPS) is 12.0. The number of anilines is 1. The predicted molar refractivity (Wildman–Crippen MR) is 81.1 cm³/mol. The van der Waals surface area contributed by atoms with Crippen LogP contribution in [0, 0.1) is 6.92 Å². The molecule has 1 aromatic carbocycles. The molecule has 0 saturated carbocycles. The summed E-state index contributed by atoms with van der Waals surface area (Å²) in [7, 11) is 0. The molecule has 0 bridgehead atoms. The van der Waals surface area contributed by atoms with Gasteiger partial charge in [0.05, 0.1) is 6.42 Å². The van der Waals surface area contributed by atoms with Gasteiger partial charge in [-0.05, 0) is 39.3 Å². The van der Waals surface area contributed by atoms with Gasteiger partial charge in [0.1, 0.15) is 5.60 Å². The Kier molecular flexibility index (Phi) is 5.34. The summed E-state index contributed by atoms with van der Waals surface area (Å²) in [6.45, 7) is 0.704. The highest BCUT2D eigenvalue weighted by Gasteiger charge is 2.29. The van der Waals surface area contributed by atoms with Gasteiger partial charge in [-0.1, -0.05) is 11.6 Å². The van der Waals surface area contributed by atoms with E-state index in [4.69, 9.17) is 9.84 Å². The van der Waals surface area contributed by atoms with Gasteiger partial charge >= 0.3 is 19.0 Å². The van der Waals surface area contributed by atoms with Crippen LogP contribution in [-0.4, -0.2) is 29.7 Å². The van der Waals surface area contributed by atoms with Crippen LogP contribution in [0.15, 0.2) is 12.1 Å². The maximum absolute atomic E-state index is 13.1. The molecule has 0 aliphatic carbocycles. The minimum Gasteiger partial charge on any atom is -0.481 e. The summed E-state index contributed by atoms with van der Waals surface area (Å²) < 4.78 is 44.4. The molecule has 23 heavy (non-hydrogen) atoms. The number of nitrogens with one attached hydrogen (secondary N) is 1. The molecule has 2 N–H and O–H groups in total. The van der Waals surface area contributed by atoms with Crippen LogP contribution in [0.3, 0.4) is 0 Å². The first-order valence-electron chi connectivity index (χ1n) is 6.85. The molecule has 128 valence electrons. The van der Waals surface area contributed by atoms with Crippen molar-refractivity contribution in [3.8, 4) is 0 Å². The van der Waals surface area contributed by atoms with Gasteiger partial charge < -0.3 is 22.8 Å². The number of aliphatic carboxylic acids is 1. The standard InChI is InChI=1S/C14H18BF3NO4/c1-8-9(6-12(20)21)5-10(7-11(8)15(16,17)18)19-13(22)23-14(2,3)4/h5,7H,6H2,1-4H3,(H,19,22)(H,20,21)/q-1. The van der Waals surface area contributed by atoms with Gasteiger partial charge in [0.25, 0.3) is 0 Å². The van der Waals surface area contributed by atoms with E-state index >= 15 is 0 Å². The molecule has 0 unspecified atom stereocenters. The molecule has 1 rings (SSSR count). The highest BCUT2D eigenvalue weighted by atomic mass is 19.4. The van der Waals surface area contributed by atoms with Crippen LogP contribution < -0.4 is 10.8 Å². The molecule has 0 aliphatic heterocycles. The van der Waals surface area contributed by atoms with Crippen molar-refractivity contribution in [1.82, 2.24) is 0 Å². The smallest absolute Gasteiger partial charge is 0.481 e. The van der Waals surface area contributed by atoms with Crippen LogP contribution in [0.5, 0.6) is 0 Å². The van der Waals surface area contributed by atoms with Crippen LogP contribution in [0.25, 0.3) is 0 Å². The molecule has 0 spiro atoms. The Labute approximate surface area is 131 Å². The lowest BCUT2D eigenvalue weighted by Gasteiger charge is -2.23. The molecule has 0 atom stereocenters. The van der Waals surface area contributed by atoms with Gasteiger partial charge in [-0.25, -0.2) is 4.79 Å². The fourth-order valence-corrected chi connectivity index (χ4v) is 1.98. The van der Waals surface area contributed by atoms with Crippen molar-refractivity contribution in [3.63, 3.8) is 0 Å². The second-order valence-electron chi connectivity index (χ2n) is 6.12. The first kappa shape index (κ1) is 18.9. The average molecular weight is 332 g/mol. The van der Waals surface area contributed by atoms with Crippen molar-refractivity contribution in [2.24, 2.45) is 0 Å². The molecular formula is C14H18BF3NO4-. The fraction of sp³-hybridized carbons (Fsp3) is 0.429. The van der Waals surface area contributed by atoms with E-state index in [2.05, 4.69) is 5.32 Å². The first-order chi connectivity index (χ1) is 10.3. The van der Waals surface area contributed by atoms with Crippen molar-refractivity contribution < 1.29 is 32.4 Å². The molecule has 9 heteroatoms. The van der Waals surface area contributed by atoms with Crippen molar-refractivity contribution in [1.29, 1.82) is 0 Å². The van der Waals surface area contributed by atoms with Gasteiger partial charge in [0, 0.05) is 5.69 Å². The highest BCUT2D eigenvalue weighted by molar-refractivity contribution is 6.74. The van der Waals surface area contributed by atoms with Gasteiger partial charge in [-0.2, -0.15) is 0 Å². The van der Waals surface area contributed by atoms with Crippen LogP contribution in [0.2, 0.25) is 0 Å². The van der Waals surface area contributed by atoms with Crippen molar-refractivity contribution >= 4 is 30.2 Å². The highest BCUT2D eigenvalue weighted by Crippen LogP contribution is 2.21. The van der Waals surface area contributed by atoms with Gasteiger partial charge in [-0.3, -0.25) is 10.1 Å². The van der Waals surface area contributed by atoms with Crippen LogP contribution in [0.1, 0.15) is 31.9 Å². The number of halogens is 3. The van der Waals surface area contributed by atoms with E-state index in [-0.39, 0.29) is 16.8 Å². The van der Waals surface area contributed by atoms with E-state index in [1.807, 2.05) is 0 Å². The monoisotopic (exact) mass is 332 g/mol. The zero-order chi connectivity index (χ0) is 18.0. The molecule has 1 amide bonds. The Balaban J connectivity index is 3.22. The first-order valence-corrected chi connectivity index (χ1v) is 6.85. The number of carbonyl (C=O) groups excluding carboxylic acids is 1. The lowest BCUT2D eigenvalue weighted by molar-refractivity contribution is -0.136. The zero-order valence-corrected chi connectivity index (χ0v) is 13.2. The summed E-state index contributed by atoms with van der Waals surface area (Å²) in [5.41, 5.74) is -2.07. The van der Waals surface area contributed by atoms with E-state index in [0.717, 1.165) is 6.07 Å². The molecule has 0 aliphatic rings. The third kappa shape index (κ3) is 5.84. The number of carboxylic acids is 1. The second kappa shape index (κ2) is 6.51. The molecule has 0 heterocycles. The Bertz CT molecular complexity index is 624. The topological polar surface area (TPSA) is 75.6 Å². The van der Waals surface area contributed by atoms with E-state index in [1.165, 1.54) is 13.0 Å². The molecule has 5 nitrogen and oxygen atoms in total. The Hall–Kier alpha value is -2.19. The summed E-state index contributed by atoms with van der Waals surface area (Å²) in [6.07, 6.45) is -1.49. The third-order valence-electron chi connectivity index (χ3n) is 2.90. The second-order valence-corrected chi connectivity index (χ2v) is 6.12. The molecule has 0 fully saturated rings. The van der Waals surface area contributed by atoms with Crippen LogP contribution >= 0.6 is 0 Å². The number of rotatable bonds is 4. The predicted octanol–water partition coefficient (Wildman–Crippen LogP) is 3.02. The Morgan fingerprint density at radius 1 is 1.26 bits per heavy atom. The van der Waals surface area contributed by atoms with Crippen LogP contribution in [0.4, 0.5) is 23.4 Å². The van der Waals surface area contributed by atoms with Crippen molar-refractivity contribution in [2.45, 2.75) is 39.7 Å². The van der Waals surface area contributed by atoms with Gasteiger partial charge in [-0.15, -0.1) is 5.46 Å². The number of carboxylic acid groups (broad SMARTS) is 1. The largest absolute Gasteiger partial charge is 0.509 e. The number of carbonyl (C=O) groups is 2. The van der Waals surface area contributed by atoms with Gasteiger partial charge in [0.2, 0.25) is 0 Å². The molecule has 1 aromatic rings. The van der Waals surface area contributed by atoms with Crippen LogP contribution in [-0.2, 0) is 16.0 Å². The van der Waals surface area contributed by atoms with Crippen molar-refractivity contribution in [3.05, 3.63) is 23.3 Å². The minimum absolute atomic E-state index is 0.0136. The summed E-state index contributed by atoms with van der Waals surface area (Å²) in [4.78, 5) is 22.5. The molecule has 0 radical (unpaired) electrons. The lowest BCUT2D eigenvalue weighted by atomic mass is 9.75. The maximum atomic E-state index is 13.1.